The Morgan fingerprint density at radius 3 is 2.48 bits per heavy atom. The number of carbonyl (C=O) groups excluding carboxylic acids is 1. The van der Waals surface area contributed by atoms with Gasteiger partial charge in [0.2, 0.25) is 5.91 Å². The van der Waals surface area contributed by atoms with E-state index in [-0.39, 0.29) is 24.7 Å². The Morgan fingerprint density at radius 1 is 1.24 bits per heavy atom. The van der Waals surface area contributed by atoms with Crippen molar-refractivity contribution < 1.29 is 28.7 Å². The zero-order chi connectivity index (χ0) is 21.3. The lowest BCUT2D eigenvalue weighted by Gasteiger charge is -2.36. The predicted molar refractivity (Wildman–Crippen MR) is 109 cm³/mol. The Bertz CT molecular complexity index is 710. The zero-order valence-electron chi connectivity index (χ0n) is 16.5. The van der Waals surface area contributed by atoms with Gasteiger partial charge in [0, 0.05) is 6.42 Å². The van der Waals surface area contributed by atoms with E-state index >= 15 is 0 Å². The maximum absolute atomic E-state index is 12.9. The van der Waals surface area contributed by atoms with E-state index in [1.807, 2.05) is 30.3 Å². The van der Waals surface area contributed by atoms with Crippen LogP contribution in [0.1, 0.15) is 50.5 Å². The van der Waals surface area contributed by atoms with Crippen LogP contribution in [0.4, 0.5) is 0 Å². The van der Waals surface area contributed by atoms with Crippen molar-refractivity contribution in [3.63, 3.8) is 0 Å². The molecule has 0 aromatic heterocycles. The van der Waals surface area contributed by atoms with Gasteiger partial charge in [-0.05, 0) is 56.6 Å². The Hall–Kier alpha value is -1.73. The molecule has 5 N–H and O–H groups in total. The molecular formula is C20H31N2O6P. The van der Waals surface area contributed by atoms with E-state index in [0.717, 1.165) is 12.0 Å². The number of amides is 1. The number of hydrogen-bond donors (Lipinski definition) is 4. The molecule has 1 aromatic rings. The Kier molecular flexibility index (Phi) is 9.30. The molecule has 162 valence electrons. The van der Waals surface area contributed by atoms with Gasteiger partial charge in [0.25, 0.3) is 0 Å². The van der Waals surface area contributed by atoms with E-state index in [2.05, 4.69) is 5.32 Å². The first kappa shape index (κ1) is 23.5. The van der Waals surface area contributed by atoms with Crippen LogP contribution in [0, 0.1) is 5.92 Å². The van der Waals surface area contributed by atoms with Gasteiger partial charge < -0.3 is 21.1 Å². The fraction of sp³-hybridized carbons (Fsp3) is 0.600. The van der Waals surface area contributed by atoms with Crippen molar-refractivity contribution in [3.8, 4) is 0 Å². The van der Waals surface area contributed by atoms with Gasteiger partial charge in [0.1, 0.15) is 5.78 Å². The molecular weight excluding hydrogens is 395 g/mol. The van der Waals surface area contributed by atoms with Crippen LogP contribution in [0.5, 0.6) is 0 Å². The lowest BCUT2D eigenvalue weighted by Crippen LogP contribution is -2.44. The summed E-state index contributed by atoms with van der Waals surface area (Å²) < 4.78 is 18.1. The summed E-state index contributed by atoms with van der Waals surface area (Å²) >= 11 is 0. The summed E-state index contributed by atoms with van der Waals surface area (Å²) in [5.41, 5.74) is 6.41. The highest BCUT2D eigenvalue weighted by atomic mass is 31.2. The SMILES string of the molecule is NCCCCC(OP(=O)(O)C(NC(=O)CCc1ccccc1)C1CCC1)C(=O)O. The van der Waals surface area contributed by atoms with Crippen LogP contribution in [0.15, 0.2) is 30.3 Å². The molecule has 0 bridgehead atoms. The largest absolute Gasteiger partial charge is 0.479 e. The van der Waals surface area contributed by atoms with Crippen molar-refractivity contribution >= 4 is 19.5 Å². The molecule has 29 heavy (non-hydrogen) atoms. The van der Waals surface area contributed by atoms with Crippen LogP contribution < -0.4 is 11.1 Å². The first-order chi connectivity index (χ1) is 13.8. The topological polar surface area (TPSA) is 139 Å². The molecule has 0 heterocycles. The lowest BCUT2D eigenvalue weighted by atomic mass is 9.85. The number of nitrogens with one attached hydrogen (secondary N) is 1. The fourth-order valence-corrected chi connectivity index (χ4v) is 5.13. The highest BCUT2D eigenvalue weighted by Crippen LogP contribution is 2.54. The summed E-state index contributed by atoms with van der Waals surface area (Å²) in [5.74, 6) is -2.92. The number of benzene rings is 1. The highest BCUT2D eigenvalue weighted by Gasteiger charge is 2.44. The Morgan fingerprint density at radius 2 is 1.93 bits per heavy atom. The quantitative estimate of drug-likeness (QED) is 0.281. The molecule has 0 saturated heterocycles. The second kappa shape index (κ2) is 11.5. The smallest absolute Gasteiger partial charge is 0.351 e. The van der Waals surface area contributed by atoms with Crippen LogP contribution >= 0.6 is 7.60 Å². The lowest BCUT2D eigenvalue weighted by molar-refractivity contribution is -0.145. The molecule has 0 radical (unpaired) electrons. The Labute approximate surface area is 171 Å². The number of carboxylic acids is 1. The fourth-order valence-electron chi connectivity index (χ4n) is 3.30. The normalized spacial score (nSPS) is 18.3. The molecule has 9 heteroatoms. The molecule has 0 spiro atoms. The second-order valence-electron chi connectivity index (χ2n) is 7.47. The van der Waals surface area contributed by atoms with Crippen molar-refractivity contribution in [1.29, 1.82) is 0 Å². The molecule has 1 fully saturated rings. The second-order valence-corrected chi connectivity index (χ2v) is 9.37. The van der Waals surface area contributed by atoms with Crippen LogP contribution in [0.25, 0.3) is 0 Å². The summed E-state index contributed by atoms with van der Waals surface area (Å²) in [6, 6.07) is 9.49. The van der Waals surface area contributed by atoms with Crippen LogP contribution in [0.2, 0.25) is 0 Å². The van der Waals surface area contributed by atoms with E-state index in [9.17, 15) is 24.2 Å². The summed E-state index contributed by atoms with van der Waals surface area (Å²) in [5, 5.41) is 12.0. The van der Waals surface area contributed by atoms with Crippen molar-refractivity contribution in [2.45, 2.75) is 63.3 Å². The molecule has 8 nitrogen and oxygen atoms in total. The van der Waals surface area contributed by atoms with E-state index in [1.54, 1.807) is 0 Å². The molecule has 1 aliphatic rings. The predicted octanol–water partition coefficient (Wildman–Crippen LogP) is 2.65. The van der Waals surface area contributed by atoms with Crippen molar-refractivity contribution in [2.24, 2.45) is 11.7 Å². The molecule has 1 amide bonds. The third kappa shape index (κ3) is 7.55. The summed E-state index contributed by atoms with van der Waals surface area (Å²) in [7, 11) is -4.38. The maximum atomic E-state index is 12.9. The minimum absolute atomic E-state index is 0.0937. The van der Waals surface area contributed by atoms with Gasteiger partial charge in [-0.25, -0.2) is 4.79 Å². The van der Waals surface area contributed by atoms with Crippen molar-refractivity contribution in [2.75, 3.05) is 6.54 Å². The van der Waals surface area contributed by atoms with Crippen LogP contribution in [0.3, 0.4) is 0 Å². The van der Waals surface area contributed by atoms with Gasteiger partial charge in [-0.2, -0.15) is 0 Å². The third-order valence-electron chi connectivity index (χ3n) is 5.21. The average Bonchev–Trinajstić information content (AvgIpc) is 2.64. The van der Waals surface area contributed by atoms with E-state index in [1.165, 1.54) is 0 Å². The summed E-state index contributed by atoms with van der Waals surface area (Å²) in [6.45, 7) is 0.408. The standard InChI is InChI=1S/C20H31N2O6P/c21-14-5-4-11-17(20(24)25)28-29(26,27)19(16-9-6-10-16)22-18(23)13-12-15-7-2-1-3-8-15/h1-3,7-8,16-17,19H,4-6,9-14,21H2,(H,22,23)(H,24,25)(H,26,27). The molecule has 3 unspecified atom stereocenters. The van der Waals surface area contributed by atoms with E-state index in [4.69, 9.17) is 10.3 Å². The number of aryl methyl sites for hydroxylation is 1. The molecule has 3 atom stereocenters. The van der Waals surface area contributed by atoms with Crippen molar-refractivity contribution in [1.82, 2.24) is 5.32 Å². The van der Waals surface area contributed by atoms with Gasteiger partial charge in [-0.15, -0.1) is 0 Å². The molecule has 1 aromatic carbocycles. The third-order valence-corrected chi connectivity index (χ3v) is 7.02. The van der Waals surface area contributed by atoms with Gasteiger partial charge in [-0.1, -0.05) is 36.8 Å². The van der Waals surface area contributed by atoms with Crippen LogP contribution in [-0.2, 0) is 25.1 Å². The number of nitrogens with two attached hydrogens (primary N) is 1. The van der Waals surface area contributed by atoms with Gasteiger partial charge >= 0.3 is 13.6 Å². The van der Waals surface area contributed by atoms with Gasteiger partial charge in [-0.3, -0.25) is 13.9 Å². The van der Waals surface area contributed by atoms with Gasteiger partial charge in [0.15, 0.2) is 6.10 Å². The number of aliphatic carboxylic acids is 1. The van der Waals surface area contributed by atoms with E-state index in [0.29, 0.717) is 38.6 Å². The molecule has 1 aliphatic carbocycles. The first-order valence-electron chi connectivity index (χ1n) is 10.1. The summed E-state index contributed by atoms with van der Waals surface area (Å²) in [4.78, 5) is 34.4. The summed E-state index contributed by atoms with van der Waals surface area (Å²) in [6.07, 6.45) is 2.75. The minimum atomic E-state index is -4.38. The average molecular weight is 426 g/mol. The number of rotatable bonds is 13. The first-order valence-corrected chi connectivity index (χ1v) is 11.7. The number of unbranched alkanes of at least 4 members (excludes halogenated alkanes) is 1. The van der Waals surface area contributed by atoms with Gasteiger partial charge in [0.05, 0.1) is 0 Å². The molecule has 0 aliphatic heterocycles. The monoisotopic (exact) mass is 426 g/mol. The number of hydrogen-bond acceptors (Lipinski definition) is 5. The minimum Gasteiger partial charge on any atom is -0.479 e. The molecule has 1 saturated carbocycles. The Balaban J connectivity index is 2.00. The van der Waals surface area contributed by atoms with Crippen LogP contribution in [-0.4, -0.2) is 40.3 Å². The maximum Gasteiger partial charge on any atom is 0.351 e. The van der Waals surface area contributed by atoms with Crippen molar-refractivity contribution in [3.05, 3.63) is 35.9 Å². The zero-order valence-corrected chi connectivity index (χ0v) is 17.4. The number of carboxylic acid groups (broad SMARTS) is 1. The highest BCUT2D eigenvalue weighted by molar-refractivity contribution is 7.53. The van der Waals surface area contributed by atoms with E-state index < -0.39 is 25.5 Å². The molecule has 2 rings (SSSR count). The number of carbonyl (C=O) groups is 2.